The summed E-state index contributed by atoms with van der Waals surface area (Å²) in [7, 11) is 3.32. The highest BCUT2D eigenvalue weighted by Crippen LogP contribution is 2.44. The van der Waals surface area contributed by atoms with Gasteiger partial charge < -0.3 is 9.47 Å². The molecule has 0 bridgehead atoms. The Bertz CT molecular complexity index is 459. The van der Waals surface area contributed by atoms with Crippen molar-refractivity contribution in [1.82, 2.24) is 0 Å². The molecule has 0 aliphatic heterocycles. The number of rotatable bonds is 6. The van der Waals surface area contributed by atoms with Crippen LogP contribution in [-0.2, 0) is 19.8 Å². The first-order chi connectivity index (χ1) is 9.25. The molecule has 102 valence electrons. The number of hydrogen-bond acceptors (Lipinski definition) is 4. The first-order valence-corrected chi connectivity index (χ1v) is 6.47. The van der Waals surface area contributed by atoms with Gasteiger partial charge in [0.15, 0.2) is 0 Å². The Morgan fingerprint density at radius 1 is 1.32 bits per heavy atom. The average molecular weight is 261 g/mol. The standard InChI is InChI=1S/C15H19NO3/c1-18-10-14(19-2)12-4-6-13(7-5-12)15(16-11-17)8-3-9-15/h4-7,14H,3,8-10H2,1-2H3. The minimum absolute atomic E-state index is 0.0639. The van der Waals surface area contributed by atoms with Gasteiger partial charge in [-0.2, -0.15) is 4.99 Å². The molecule has 1 aliphatic carbocycles. The number of isocyanates is 1. The third kappa shape index (κ3) is 2.76. The van der Waals surface area contributed by atoms with Gasteiger partial charge in [-0.05, 0) is 30.4 Å². The van der Waals surface area contributed by atoms with E-state index >= 15 is 0 Å². The van der Waals surface area contributed by atoms with Crippen LogP contribution in [0.4, 0.5) is 0 Å². The molecule has 0 radical (unpaired) electrons. The summed E-state index contributed by atoms with van der Waals surface area (Å²) in [6.45, 7) is 0.521. The number of ether oxygens (including phenoxy) is 2. The highest BCUT2D eigenvalue weighted by molar-refractivity contribution is 5.40. The molecule has 0 aromatic heterocycles. The molecule has 1 aromatic carbocycles. The van der Waals surface area contributed by atoms with Gasteiger partial charge in [0.25, 0.3) is 0 Å². The number of benzene rings is 1. The molecule has 0 amide bonds. The predicted octanol–water partition coefficient (Wildman–Crippen LogP) is 2.74. The van der Waals surface area contributed by atoms with Gasteiger partial charge in [-0.1, -0.05) is 24.3 Å². The zero-order valence-electron chi connectivity index (χ0n) is 11.4. The maximum atomic E-state index is 10.6. The van der Waals surface area contributed by atoms with Gasteiger partial charge in [0.2, 0.25) is 6.08 Å². The quantitative estimate of drug-likeness (QED) is 0.584. The zero-order chi connectivity index (χ0) is 13.7. The normalized spacial score (nSPS) is 18.2. The number of nitrogens with zero attached hydrogens (tertiary/aromatic N) is 1. The zero-order valence-corrected chi connectivity index (χ0v) is 11.4. The summed E-state index contributed by atoms with van der Waals surface area (Å²) in [5, 5.41) is 0. The van der Waals surface area contributed by atoms with Crippen LogP contribution < -0.4 is 0 Å². The molecule has 1 aliphatic rings. The lowest BCUT2D eigenvalue weighted by atomic mass is 9.72. The third-order valence-corrected chi connectivity index (χ3v) is 3.86. The van der Waals surface area contributed by atoms with Crippen LogP contribution in [0.3, 0.4) is 0 Å². The maximum Gasteiger partial charge on any atom is 0.235 e. The Balaban J connectivity index is 2.20. The molecule has 1 atom stereocenters. The fourth-order valence-corrected chi connectivity index (χ4v) is 2.52. The molecule has 19 heavy (non-hydrogen) atoms. The summed E-state index contributed by atoms with van der Waals surface area (Å²) >= 11 is 0. The van der Waals surface area contributed by atoms with E-state index in [0.29, 0.717) is 6.61 Å². The van der Waals surface area contributed by atoms with E-state index in [1.165, 1.54) is 0 Å². The van der Waals surface area contributed by atoms with Gasteiger partial charge in [0.1, 0.15) is 6.10 Å². The van der Waals surface area contributed by atoms with E-state index in [1.807, 2.05) is 24.3 Å². The molecular weight excluding hydrogens is 242 g/mol. The van der Waals surface area contributed by atoms with Gasteiger partial charge in [0, 0.05) is 14.2 Å². The van der Waals surface area contributed by atoms with Crippen LogP contribution in [0.1, 0.15) is 36.5 Å². The van der Waals surface area contributed by atoms with E-state index in [4.69, 9.17) is 9.47 Å². The molecule has 4 heteroatoms. The van der Waals surface area contributed by atoms with Crippen molar-refractivity contribution in [1.29, 1.82) is 0 Å². The molecule has 2 rings (SSSR count). The summed E-state index contributed by atoms with van der Waals surface area (Å²) in [5.74, 6) is 0. The second-order valence-electron chi connectivity index (χ2n) is 4.89. The molecule has 0 N–H and O–H groups in total. The minimum Gasteiger partial charge on any atom is -0.382 e. The van der Waals surface area contributed by atoms with Gasteiger partial charge in [-0.15, -0.1) is 0 Å². The van der Waals surface area contributed by atoms with Gasteiger partial charge in [-0.3, -0.25) is 0 Å². The Labute approximate surface area is 113 Å². The lowest BCUT2D eigenvalue weighted by Gasteiger charge is -2.37. The first-order valence-electron chi connectivity index (χ1n) is 6.47. The molecule has 0 saturated heterocycles. The van der Waals surface area contributed by atoms with Crippen molar-refractivity contribution in [2.75, 3.05) is 20.8 Å². The van der Waals surface area contributed by atoms with Crippen LogP contribution in [0.25, 0.3) is 0 Å². The second kappa shape index (κ2) is 6.11. The summed E-state index contributed by atoms with van der Waals surface area (Å²) < 4.78 is 10.5. The number of aliphatic imine (C=N–C) groups is 1. The fourth-order valence-electron chi connectivity index (χ4n) is 2.52. The maximum absolute atomic E-state index is 10.6. The van der Waals surface area contributed by atoms with Gasteiger partial charge >= 0.3 is 0 Å². The molecular formula is C15H19NO3. The van der Waals surface area contributed by atoms with Crippen molar-refractivity contribution in [3.8, 4) is 0 Å². The van der Waals surface area contributed by atoms with Crippen molar-refractivity contribution in [2.24, 2.45) is 4.99 Å². The largest absolute Gasteiger partial charge is 0.382 e. The molecule has 0 spiro atoms. The number of carbonyl (C=O) groups excluding carboxylic acids is 1. The Morgan fingerprint density at radius 2 is 2.00 bits per heavy atom. The SMILES string of the molecule is COCC(OC)c1ccc(C2(N=C=O)CCC2)cc1. The summed E-state index contributed by atoms with van der Waals surface area (Å²) in [4.78, 5) is 14.6. The molecule has 1 aromatic rings. The summed E-state index contributed by atoms with van der Waals surface area (Å²) in [6, 6.07) is 8.08. The topological polar surface area (TPSA) is 47.9 Å². The minimum atomic E-state index is -0.329. The molecule has 1 unspecified atom stereocenters. The Hall–Kier alpha value is -1.48. The number of hydrogen-bond donors (Lipinski definition) is 0. The van der Waals surface area contributed by atoms with Crippen LogP contribution in [0.15, 0.2) is 29.3 Å². The van der Waals surface area contributed by atoms with E-state index < -0.39 is 0 Å². The van der Waals surface area contributed by atoms with Crippen LogP contribution in [-0.4, -0.2) is 26.9 Å². The average Bonchev–Trinajstić information content (AvgIpc) is 2.40. The molecule has 1 fully saturated rings. The number of methoxy groups -OCH3 is 2. The molecule has 1 saturated carbocycles. The smallest absolute Gasteiger partial charge is 0.235 e. The van der Waals surface area contributed by atoms with Crippen molar-refractivity contribution >= 4 is 6.08 Å². The third-order valence-electron chi connectivity index (χ3n) is 3.86. The van der Waals surface area contributed by atoms with Crippen molar-refractivity contribution in [2.45, 2.75) is 30.9 Å². The monoisotopic (exact) mass is 261 g/mol. The lowest BCUT2D eigenvalue weighted by Crippen LogP contribution is -2.31. The lowest BCUT2D eigenvalue weighted by molar-refractivity contribution is 0.0274. The van der Waals surface area contributed by atoms with Crippen molar-refractivity contribution in [3.05, 3.63) is 35.4 Å². The second-order valence-corrected chi connectivity index (χ2v) is 4.89. The fraction of sp³-hybridized carbons (Fsp3) is 0.533. The Morgan fingerprint density at radius 3 is 2.42 bits per heavy atom. The van der Waals surface area contributed by atoms with E-state index in [1.54, 1.807) is 20.3 Å². The van der Waals surface area contributed by atoms with Gasteiger partial charge in [0.05, 0.1) is 12.1 Å². The van der Waals surface area contributed by atoms with E-state index in [-0.39, 0.29) is 11.6 Å². The van der Waals surface area contributed by atoms with Crippen LogP contribution in [0.5, 0.6) is 0 Å². The van der Waals surface area contributed by atoms with E-state index in [0.717, 1.165) is 30.4 Å². The summed E-state index contributed by atoms with van der Waals surface area (Å²) in [5.41, 5.74) is 1.82. The molecule has 4 nitrogen and oxygen atoms in total. The van der Waals surface area contributed by atoms with Crippen LogP contribution in [0.2, 0.25) is 0 Å². The molecule has 0 heterocycles. The highest BCUT2D eigenvalue weighted by atomic mass is 16.5. The first kappa shape index (κ1) is 13.9. The van der Waals surface area contributed by atoms with Crippen molar-refractivity contribution in [3.63, 3.8) is 0 Å². The van der Waals surface area contributed by atoms with Crippen LogP contribution >= 0.6 is 0 Å². The van der Waals surface area contributed by atoms with E-state index in [2.05, 4.69) is 4.99 Å². The summed E-state index contributed by atoms with van der Waals surface area (Å²) in [6.07, 6.45) is 4.60. The Kier molecular flexibility index (Phi) is 4.48. The van der Waals surface area contributed by atoms with Gasteiger partial charge in [-0.25, -0.2) is 4.79 Å². The predicted molar refractivity (Wildman–Crippen MR) is 71.7 cm³/mol. The van der Waals surface area contributed by atoms with E-state index in [9.17, 15) is 4.79 Å². The van der Waals surface area contributed by atoms with Crippen LogP contribution in [0, 0.1) is 0 Å². The van der Waals surface area contributed by atoms with Crippen molar-refractivity contribution < 1.29 is 14.3 Å². The highest BCUT2D eigenvalue weighted by Gasteiger charge is 2.38.